The number of carboxylic acid groups (broad SMARTS) is 2. The molecule has 0 aliphatic heterocycles. The molecule has 144 valence electrons. The van der Waals surface area contributed by atoms with Gasteiger partial charge in [-0.3, -0.25) is 9.59 Å². The van der Waals surface area contributed by atoms with Crippen molar-refractivity contribution >= 4 is 11.9 Å². The molecule has 0 amide bonds. The van der Waals surface area contributed by atoms with Crippen molar-refractivity contribution in [3.05, 3.63) is 0 Å². The Morgan fingerprint density at radius 3 is 1.40 bits per heavy atom. The van der Waals surface area contributed by atoms with Crippen molar-refractivity contribution in [2.75, 3.05) is 0 Å². The Kier molecular flexibility index (Phi) is 18.2. The third-order valence-corrected chi connectivity index (χ3v) is 4.96. The van der Waals surface area contributed by atoms with Gasteiger partial charge in [-0.2, -0.15) is 0 Å². The van der Waals surface area contributed by atoms with Crippen LogP contribution in [0.25, 0.3) is 0 Å². The Labute approximate surface area is 167 Å². The summed E-state index contributed by atoms with van der Waals surface area (Å²) in [4.78, 5) is 23.0. The predicted molar refractivity (Wildman–Crippen MR) is 99.4 cm³/mol. The molecule has 0 aromatic carbocycles. The fraction of sp³-hybridized carbons (Fsp3) is 0.900. The van der Waals surface area contributed by atoms with Gasteiger partial charge < -0.3 is 11.6 Å². The van der Waals surface area contributed by atoms with Crippen LogP contribution < -0.4 is 18.9 Å². The van der Waals surface area contributed by atoms with E-state index in [-0.39, 0.29) is 26.7 Å². The van der Waals surface area contributed by atoms with E-state index < -0.39 is 17.4 Å². The summed E-state index contributed by atoms with van der Waals surface area (Å²) in [6.45, 7) is 4.34. The van der Waals surface area contributed by atoms with Crippen LogP contribution in [0.3, 0.4) is 0 Å². The van der Waals surface area contributed by atoms with Crippen LogP contribution in [0.4, 0.5) is 0 Å². The number of unbranched alkanes of at least 4 members (excludes halogenated alkanes) is 10. The van der Waals surface area contributed by atoms with Crippen LogP contribution in [0.15, 0.2) is 0 Å². The number of hydrogen-bond donors (Lipinski definition) is 2. The first-order valence-corrected chi connectivity index (χ1v) is 9.93. The molecule has 0 bridgehead atoms. The van der Waals surface area contributed by atoms with Gasteiger partial charge in [0.05, 0.1) is 11.8 Å². The molecular formula is C20H39LiO4. The predicted octanol–water partition coefficient (Wildman–Crippen LogP) is 3.15. The topological polar surface area (TPSA) is 74.6 Å². The molecule has 0 aromatic heterocycles. The summed E-state index contributed by atoms with van der Waals surface area (Å²) < 4.78 is 0. The average molecular weight is 350 g/mol. The summed E-state index contributed by atoms with van der Waals surface area (Å²) in [6.07, 6.45) is 13.8. The van der Waals surface area contributed by atoms with Crippen LogP contribution in [0.1, 0.15) is 112 Å². The summed E-state index contributed by atoms with van der Waals surface area (Å²) in [5, 5.41) is 18.9. The number of rotatable bonds is 17. The van der Waals surface area contributed by atoms with Crippen LogP contribution in [0, 0.1) is 5.41 Å². The Morgan fingerprint density at radius 2 is 1.08 bits per heavy atom. The zero-order chi connectivity index (χ0) is 18.3. The number of carboxylic acids is 2. The summed E-state index contributed by atoms with van der Waals surface area (Å²) in [5.41, 5.74) is -1.07. The van der Waals surface area contributed by atoms with Gasteiger partial charge in [0.15, 0.2) is 0 Å². The molecule has 0 rings (SSSR count). The van der Waals surface area contributed by atoms with E-state index in [2.05, 4.69) is 13.8 Å². The van der Waals surface area contributed by atoms with Crippen LogP contribution in [0.2, 0.25) is 0 Å². The van der Waals surface area contributed by atoms with Gasteiger partial charge in [0.2, 0.25) is 0 Å². The Bertz CT molecular complexity index is 335. The average Bonchev–Trinajstić information content (AvgIpc) is 2.53. The largest absolute Gasteiger partial charge is 1.00 e. The van der Waals surface area contributed by atoms with Crippen LogP contribution in [-0.4, -0.2) is 22.2 Å². The van der Waals surface area contributed by atoms with Gasteiger partial charge in [-0.1, -0.05) is 90.9 Å². The minimum atomic E-state index is -1.07. The van der Waals surface area contributed by atoms with E-state index in [0.29, 0.717) is 12.8 Å². The first-order chi connectivity index (χ1) is 11.5. The second-order valence-corrected chi connectivity index (χ2v) is 7.19. The molecule has 0 aliphatic rings. The maximum atomic E-state index is 11.8. The fourth-order valence-corrected chi connectivity index (χ4v) is 3.37. The van der Waals surface area contributed by atoms with E-state index in [0.717, 1.165) is 38.5 Å². The van der Waals surface area contributed by atoms with Crippen LogP contribution >= 0.6 is 0 Å². The zero-order valence-corrected chi connectivity index (χ0v) is 16.8. The van der Waals surface area contributed by atoms with Crippen molar-refractivity contribution < 1.29 is 40.1 Å². The third kappa shape index (κ3) is 13.4. The molecule has 0 spiro atoms. The Hall–Kier alpha value is -0.463. The van der Waals surface area contributed by atoms with Gasteiger partial charge in [-0.05, 0) is 12.8 Å². The van der Waals surface area contributed by atoms with Gasteiger partial charge in [0.1, 0.15) is 0 Å². The normalized spacial score (nSPS) is 11.1. The zero-order valence-electron chi connectivity index (χ0n) is 17.8. The molecule has 0 atom stereocenters. The Balaban J connectivity index is -0.00000264. The smallest absolute Gasteiger partial charge is 1.00 e. The summed E-state index contributed by atoms with van der Waals surface area (Å²) in [7, 11) is 0. The second kappa shape index (κ2) is 17.0. The minimum absolute atomic E-state index is 0. The summed E-state index contributed by atoms with van der Waals surface area (Å²) in [6, 6.07) is 0. The monoisotopic (exact) mass is 350 g/mol. The standard InChI is InChI=1S/C20H38O4.Li.H/c1-3-5-7-9-11-13-15-20(19(23)24,17-18(21)22)16-14-12-10-8-6-4-2;;/h3-17H2,1-2H3,(H,21,22)(H,23,24);;/q;+1;-1. The maximum Gasteiger partial charge on any atom is 1.00 e. The maximum absolute atomic E-state index is 11.8. The molecule has 2 N–H and O–H groups in total. The first kappa shape index (κ1) is 26.8. The molecule has 0 saturated carbocycles. The molecule has 0 unspecified atom stereocenters. The van der Waals surface area contributed by atoms with Crippen molar-refractivity contribution in [2.45, 2.75) is 110 Å². The number of aliphatic carboxylic acids is 2. The van der Waals surface area contributed by atoms with Crippen molar-refractivity contribution in [3.63, 3.8) is 0 Å². The molecule has 0 heterocycles. The molecule has 4 nitrogen and oxygen atoms in total. The fourth-order valence-electron chi connectivity index (χ4n) is 3.37. The van der Waals surface area contributed by atoms with Crippen molar-refractivity contribution in [2.24, 2.45) is 5.41 Å². The Morgan fingerprint density at radius 1 is 0.720 bits per heavy atom. The van der Waals surface area contributed by atoms with E-state index in [1.165, 1.54) is 38.5 Å². The van der Waals surface area contributed by atoms with Gasteiger partial charge in [-0.15, -0.1) is 0 Å². The summed E-state index contributed by atoms with van der Waals surface area (Å²) in [5.74, 6) is -1.92. The number of carbonyl (C=O) groups is 2. The summed E-state index contributed by atoms with van der Waals surface area (Å²) >= 11 is 0. The van der Waals surface area contributed by atoms with E-state index >= 15 is 0 Å². The van der Waals surface area contributed by atoms with Crippen molar-refractivity contribution in [1.82, 2.24) is 0 Å². The molecule has 5 heteroatoms. The molecule has 0 aromatic rings. The SMILES string of the molecule is CCCCCCCCC(CCCCCCCC)(CC(=O)O)C(=O)O.[H-].[Li+]. The third-order valence-electron chi connectivity index (χ3n) is 4.96. The van der Waals surface area contributed by atoms with Crippen molar-refractivity contribution in [1.29, 1.82) is 0 Å². The second-order valence-electron chi connectivity index (χ2n) is 7.19. The van der Waals surface area contributed by atoms with Gasteiger partial charge >= 0.3 is 30.8 Å². The van der Waals surface area contributed by atoms with Crippen LogP contribution in [0.5, 0.6) is 0 Å². The van der Waals surface area contributed by atoms with E-state index in [9.17, 15) is 19.8 Å². The number of hydrogen-bond acceptors (Lipinski definition) is 2. The van der Waals surface area contributed by atoms with E-state index in [1.54, 1.807) is 0 Å². The minimum Gasteiger partial charge on any atom is -1.00 e. The van der Waals surface area contributed by atoms with Gasteiger partial charge in [0.25, 0.3) is 0 Å². The molecule has 0 radical (unpaired) electrons. The van der Waals surface area contributed by atoms with Crippen molar-refractivity contribution in [3.8, 4) is 0 Å². The quantitative estimate of drug-likeness (QED) is 0.312. The molecule has 0 saturated heterocycles. The molecular weight excluding hydrogens is 311 g/mol. The molecule has 25 heavy (non-hydrogen) atoms. The van der Waals surface area contributed by atoms with Gasteiger partial charge in [0, 0.05) is 0 Å². The van der Waals surface area contributed by atoms with E-state index in [4.69, 9.17) is 0 Å². The van der Waals surface area contributed by atoms with Crippen LogP contribution in [-0.2, 0) is 9.59 Å². The van der Waals surface area contributed by atoms with E-state index in [1.807, 2.05) is 0 Å². The molecule has 0 aliphatic carbocycles. The van der Waals surface area contributed by atoms with Gasteiger partial charge in [-0.25, -0.2) is 0 Å². The molecule has 0 fully saturated rings. The first-order valence-electron chi connectivity index (χ1n) is 9.93.